The van der Waals surface area contributed by atoms with Crippen LogP contribution in [-0.4, -0.2) is 21.3 Å². The summed E-state index contributed by atoms with van der Waals surface area (Å²) in [6, 6.07) is 3.69. The van der Waals surface area contributed by atoms with Crippen molar-refractivity contribution >= 4 is 11.6 Å². The molecule has 0 saturated heterocycles. The summed E-state index contributed by atoms with van der Waals surface area (Å²) in [5.74, 6) is 1.73. The standard InChI is InChI=1S/C11H15ClN4O/c1-3-13-8(9-4-5-10(12)17-9)6-11-14-7-15-16(11)2/h4-5,7-8,13H,3,6H2,1-2H3. The third-order valence-electron chi connectivity index (χ3n) is 2.58. The Balaban J connectivity index is 2.15. The van der Waals surface area contributed by atoms with E-state index in [9.17, 15) is 0 Å². The SMILES string of the molecule is CCNC(Cc1ncnn1C)c1ccc(Cl)o1. The Kier molecular flexibility index (Phi) is 3.81. The lowest BCUT2D eigenvalue weighted by molar-refractivity contribution is 0.409. The van der Waals surface area contributed by atoms with Crippen LogP contribution in [0.15, 0.2) is 22.9 Å². The molecule has 1 N–H and O–H groups in total. The first-order chi connectivity index (χ1) is 8.20. The molecule has 0 aromatic carbocycles. The Bertz CT molecular complexity index is 479. The quantitative estimate of drug-likeness (QED) is 0.886. The Morgan fingerprint density at radius 1 is 1.53 bits per heavy atom. The van der Waals surface area contributed by atoms with Crippen molar-refractivity contribution in [3.8, 4) is 0 Å². The van der Waals surface area contributed by atoms with E-state index in [4.69, 9.17) is 16.0 Å². The van der Waals surface area contributed by atoms with Gasteiger partial charge in [-0.05, 0) is 30.3 Å². The van der Waals surface area contributed by atoms with Crippen molar-refractivity contribution in [3.63, 3.8) is 0 Å². The zero-order chi connectivity index (χ0) is 12.3. The summed E-state index contributed by atoms with van der Waals surface area (Å²) in [4.78, 5) is 4.21. The molecule has 2 rings (SSSR count). The van der Waals surface area contributed by atoms with Crippen molar-refractivity contribution in [2.45, 2.75) is 19.4 Å². The van der Waals surface area contributed by atoms with Gasteiger partial charge in [-0.1, -0.05) is 6.92 Å². The minimum Gasteiger partial charge on any atom is -0.448 e. The van der Waals surface area contributed by atoms with E-state index < -0.39 is 0 Å². The van der Waals surface area contributed by atoms with Gasteiger partial charge >= 0.3 is 0 Å². The van der Waals surface area contributed by atoms with Gasteiger partial charge in [-0.15, -0.1) is 0 Å². The Morgan fingerprint density at radius 2 is 2.35 bits per heavy atom. The summed E-state index contributed by atoms with van der Waals surface area (Å²) in [6.45, 7) is 2.90. The van der Waals surface area contributed by atoms with Crippen LogP contribution >= 0.6 is 11.6 Å². The third-order valence-corrected chi connectivity index (χ3v) is 2.78. The average Bonchev–Trinajstić information content (AvgIpc) is 2.88. The highest BCUT2D eigenvalue weighted by molar-refractivity contribution is 6.28. The van der Waals surface area contributed by atoms with Crippen LogP contribution < -0.4 is 5.32 Å². The first-order valence-electron chi connectivity index (χ1n) is 5.52. The second-order valence-electron chi connectivity index (χ2n) is 3.76. The fourth-order valence-corrected chi connectivity index (χ4v) is 1.87. The summed E-state index contributed by atoms with van der Waals surface area (Å²) < 4.78 is 7.19. The lowest BCUT2D eigenvalue weighted by Crippen LogP contribution is -2.23. The maximum atomic E-state index is 5.79. The average molecular weight is 255 g/mol. The van der Waals surface area contributed by atoms with Crippen LogP contribution in [0, 0.1) is 0 Å². The molecule has 0 spiro atoms. The molecule has 2 aromatic heterocycles. The third kappa shape index (κ3) is 2.87. The predicted molar refractivity (Wildman–Crippen MR) is 64.8 cm³/mol. The molecule has 2 aromatic rings. The van der Waals surface area contributed by atoms with Crippen LogP contribution in [0.3, 0.4) is 0 Å². The molecule has 0 saturated carbocycles. The highest BCUT2D eigenvalue weighted by Crippen LogP contribution is 2.22. The number of halogens is 1. The number of likely N-dealkylation sites (N-methyl/N-ethyl adjacent to an activating group) is 1. The number of furan rings is 1. The van der Waals surface area contributed by atoms with Gasteiger partial charge in [-0.2, -0.15) is 5.10 Å². The van der Waals surface area contributed by atoms with Crippen molar-refractivity contribution in [1.29, 1.82) is 0 Å². The van der Waals surface area contributed by atoms with Crippen molar-refractivity contribution < 1.29 is 4.42 Å². The van der Waals surface area contributed by atoms with Gasteiger partial charge < -0.3 is 9.73 Å². The number of rotatable bonds is 5. The fraction of sp³-hybridized carbons (Fsp3) is 0.455. The van der Waals surface area contributed by atoms with Crippen LogP contribution in [0.4, 0.5) is 0 Å². The summed E-state index contributed by atoms with van der Waals surface area (Å²) in [7, 11) is 1.88. The van der Waals surface area contributed by atoms with Crippen LogP contribution in [0.1, 0.15) is 24.6 Å². The molecule has 0 radical (unpaired) electrons. The normalized spacial score (nSPS) is 12.9. The number of nitrogens with one attached hydrogen (secondary N) is 1. The minimum atomic E-state index is 0.0652. The van der Waals surface area contributed by atoms with Gasteiger partial charge in [-0.25, -0.2) is 4.98 Å². The van der Waals surface area contributed by atoms with Crippen LogP contribution in [0.2, 0.25) is 5.22 Å². The highest BCUT2D eigenvalue weighted by atomic mass is 35.5. The number of hydrogen-bond donors (Lipinski definition) is 1. The van der Waals surface area contributed by atoms with Gasteiger partial charge in [0.2, 0.25) is 0 Å². The molecular formula is C11H15ClN4O. The second kappa shape index (κ2) is 5.33. The van der Waals surface area contributed by atoms with E-state index in [0.29, 0.717) is 11.6 Å². The Labute approximate surface area is 105 Å². The zero-order valence-corrected chi connectivity index (χ0v) is 10.6. The number of nitrogens with zero attached hydrogens (tertiary/aromatic N) is 3. The monoisotopic (exact) mass is 254 g/mol. The number of aromatic nitrogens is 3. The molecule has 0 amide bonds. The van der Waals surface area contributed by atoms with Gasteiger partial charge in [0.05, 0.1) is 6.04 Å². The van der Waals surface area contributed by atoms with Gasteiger partial charge in [0, 0.05) is 13.5 Å². The summed E-state index contributed by atoms with van der Waals surface area (Å²) in [6.07, 6.45) is 2.27. The maximum Gasteiger partial charge on any atom is 0.193 e. The van der Waals surface area contributed by atoms with E-state index in [-0.39, 0.29) is 6.04 Å². The summed E-state index contributed by atoms with van der Waals surface area (Å²) in [5.41, 5.74) is 0. The molecule has 5 nitrogen and oxygen atoms in total. The molecule has 0 fully saturated rings. The molecular weight excluding hydrogens is 240 g/mol. The molecule has 0 aliphatic carbocycles. The summed E-state index contributed by atoms with van der Waals surface area (Å²) in [5, 5.41) is 7.80. The fourth-order valence-electron chi connectivity index (χ4n) is 1.72. The lowest BCUT2D eigenvalue weighted by Gasteiger charge is -2.14. The van der Waals surface area contributed by atoms with Gasteiger partial charge in [0.25, 0.3) is 0 Å². The topological polar surface area (TPSA) is 55.9 Å². The van der Waals surface area contributed by atoms with E-state index in [1.165, 1.54) is 0 Å². The second-order valence-corrected chi connectivity index (χ2v) is 4.13. The molecule has 1 unspecified atom stereocenters. The highest BCUT2D eigenvalue weighted by Gasteiger charge is 2.17. The molecule has 92 valence electrons. The number of aryl methyl sites for hydroxylation is 1. The van der Waals surface area contributed by atoms with E-state index in [1.54, 1.807) is 17.1 Å². The smallest absolute Gasteiger partial charge is 0.193 e. The van der Waals surface area contributed by atoms with Gasteiger partial charge in [-0.3, -0.25) is 4.68 Å². The lowest BCUT2D eigenvalue weighted by atomic mass is 10.1. The first-order valence-corrected chi connectivity index (χ1v) is 5.90. The Hall–Kier alpha value is -1.33. The molecule has 6 heteroatoms. The minimum absolute atomic E-state index is 0.0652. The van der Waals surface area contributed by atoms with E-state index in [1.807, 2.05) is 20.0 Å². The predicted octanol–water partition coefficient (Wildman–Crippen LogP) is 1.95. The van der Waals surface area contributed by atoms with Gasteiger partial charge in [0.15, 0.2) is 5.22 Å². The first kappa shape index (κ1) is 12.1. The molecule has 17 heavy (non-hydrogen) atoms. The molecule has 0 aliphatic heterocycles. The largest absolute Gasteiger partial charge is 0.448 e. The van der Waals surface area contributed by atoms with E-state index >= 15 is 0 Å². The molecule has 0 aliphatic rings. The maximum absolute atomic E-state index is 5.79. The van der Waals surface area contributed by atoms with Crippen molar-refractivity contribution in [3.05, 3.63) is 35.3 Å². The molecule has 1 atom stereocenters. The van der Waals surface area contributed by atoms with E-state index in [2.05, 4.69) is 15.4 Å². The van der Waals surface area contributed by atoms with Crippen LogP contribution in [0.25, 0.3) is 0 Å². The van der Waals surface area contributed by atoms with Crippen molar-refractivity contribution in [1.82, 2.24) is 20.1 Å². The zero-order valence-electron chi connectivity index (χ0n) is 9.85. The van der Waals surface area contributed by atoms with Crippen LogP contribution in [0.5, 0.6) is 0 Å². The van der Waals surface area contributed by atoms with E-state index in [0.717, 1.165) is 18.1 Å². The van der Waals surface area contributed by atoms with Crippen LogP contribution in [-0.2, 0) is 13.5 Å². The van der Waals surface area contributed by atoms with Crippen molar-refractivity contribution in [2.75, 3.05) is 6.54 Å². The molecule has 0 bridgehead atoms. The molecule has 2 heterocycles. The Morgan fingerprint density at radius 3 is 2.88 bits per heavy atom. The summed E-state index contributed by atoms with van der Waals surface area (Å²) >= 11 is 5.79. The van der Waals surface area contributed by atoms with Gasteiger partial charge in [0.1, 0.15) is 17.9 Å². The van der Waals surface area contributed by atoms with Crippen molar-refractivity contribution in [2.24, 2.45) is 7.05 Å². The number of hydrogen-bond acceptors (Lipinski definition) is 4.